The summed E-state index contributed by atoms with van der Waals surface area (Å²) in [6, 6.07) is 20.1. The lowest BCUT2D eigenvalue weighted by atomic mass is 10.1. The molecule has 0 fully saturated rings. The molecule has 0 aromatic heterocycles. The van der Waals surface area contributed by atoms with E-state index in [-0.39, 0.29) is 11.8 Å². The summed E-state index contributed by atoms with van der Waals surface area (Å²) in [4.78, 5) is 26.6. The molecule has 156 valence electrons. The van der Waals surface area contributed by atoms with Crippen LogP contribution in [0.2, 0.25) is 5.02 Å². The van der Waals surface area contributed by atoms with Gasteiger partial charge in [-0.15, -0.1) is 0 Å². The van der Waals surface area contributed by atoms with Gasteiger partial charge in [0.05, 0.1) is 17.7 Å². The van der Waals surface area contributed by atoms with E-state index >= 15 is 0 Å². The monoisotopic (exact) mass is 450 g/mol. The highest BCUT2D eigenvalue weighted by atomic mass is 35.5. The van der Waals surface area contributed by atoms with Gasteiger partial charge in [-0.2, -0.15) is 0 Å². The lowest BCUT2D eigenvalue weighted by Crippen LogP contribution is -2.24. The van der Waals surface area contributed by atoms with Gasteiger partial charge < -0.3 is 15.4 Å². The van der Waals surface area contributed by atoms with Crippen molar-refractivity contribution in [2.24, 2.45) is 0 Å². The molecule has 0 spiro atoms. The highest BCUT2D eigenvalue weighted by Gasteiger charge is 2.22. The molecular formula is C24H19ClN2O3S. The van der Waals surface area contributed by atoms with Crippen molar-refractivity contribution in [3.8, 4) is 5.75 Å². The zero-order valence-corrected chi connectivity index (χ0v) is 18.2. The Balaban J connectivity index is 1.47. The Morgan fingerprint density at radius 1 is 1.13 bits per heavy atom. The van der Waals surface area contributed by atoms with E-state index in [1.165, 1.54) is 11.8 Å². The molecule has 5 nitrogen and oxygen atoms in total. The molecule has 0 atom stereocenters. The van der Waals surface area contributed by atoms with E-state index in [0.717, 1.165) is 21.8 Å². The molecular weight excluding hydrogens is 432 g/mol. The number of thioether (sulfide) groups is 1. The van der Waals surface area contributed by atoms with Crippen molar-refractivity contribution in [1.29, 1.82) is 0 Å². The van der Waals surface area contributed by atoms with E-state index in [1.54, 1.807) is 25.3 Å². The quantitative estimate of drug-likeness (QED) is 0.513. The molecule has 1 aliphatic rings. The molecule has 1 aliphatic heterocycles. The summed E-state index contributed by atoms with van der Waals surface area (Å²) >= 11 is 7.51. The van der Waals surface area contributed by atoms with Crippen LogP contribution in [0.1, 0.15) is 21.5 Å². The molecule has 31 heavy (non-hydrogen) atoms. The van der Waals surface area contributed by atoms with Crippen LogP contribution in [-0.2, 0) is 11.3 Å². The number of methoxy groups -OCH3 is 1. The van der Waals surface area contributed by atoms with Crippen molar-refractivity contribution < 1.29 is 14.3 Å². The Morgan fingerprint density at radius 3 is 2.65 bits per heavy atom. The first-order valence-electron chi connectivity index (χ1n) is 9.54. The molecule has 0 radical (unpaired) electrons. The molecule has 7 heteroatoms. The number of hydrogen-bond acceptors (Lipinski definition) is 4. The van der Waals surface area contributed by atoms with Gasteiger partial charge in [0.2, 0.25) is 0 Å². The summed E-state index contributed by atoms with van der Waals surface area (Å²) in [6.45, 7) is 0.325. The largest absolute Gasteiger partial charge is 0.497 e. The molecule has 1 heterocycles. The molecule has 3 aromatic rings. The molecule has 3 aromatic carbocycles. The maximum atomic E-state index is 12.6. The fourth-order valence-electron chi connectivity index (χ4n) is 3.07. The lowest BCUT2D eigenvalue weighted by molar-refractivity contribution is -0.112. The van der Waals surface area contributed by atoms with Crippen LogP contribution in [0.5, 0.6) is 5.75 Å². The average Bonchev–Trinajstić information content (AvgIpc) is 2.79. The van der Waals surface area contributed by atoms with Crippen LogP contribution in [0.25, 0.3) is 6.08 Å². The third-order valence-corrected chi connectivity index (χ3v) is 6.21. The summed E-state index contributed by atoms with van der Waals surface area (Å²) in [5, 5.41) is 6.34. The minimum atomic E-state index is -0.235. The number of carbonyl (C=O) groups is 2. The number of amides is 2. The molecule has 0 aliphatic carbocycles. The maximum Gasteiger partial charge on any atom is 0.262 e. The topological polar surface area (TPSA) is 67.4 Å². The first-order chi connectivity index (χ1) is 15.0. The Bertz CT molecular complexity index is 1180. The number of fused-ring (bicyclic) bond motifs is 1. The van der Waals surface area contributed by atoms with Crippen molar-refractivity contribution >= 4 is 46.9 Å². The second-order valence-corrected chi connectivity index (χ2v) is 8.31. The normalized spacial score (nSPS) is 14.0. The van der Waals surface area contributed by atoms with Gasteiger partial charge in [-0.05, 0) is 53.6 Å². The number of rotatable bonds is 5. The summed E-state index contributed by atoms with van der Waals surface area (Å²) < 4.78 is 5.16. The van der Waals surface area contributed by atoms with Gasteiger partial charge in [-0.25, -0.2) is 0 Å². The molecule has 2 N–H and O–H groups in total. The van der Waals surface area contributed by atoms with E-state index in [0.29, 0.717) is 27.7 Å². The van der Waals surface area contributed by atoms with Crippen LogP contribution in [0, 0.1) is 0 Å². The number of hydrogen-bond donors (Lipinski definition) is 2. The summed E-state index contributed by atoms with van der Waals surface area (Å²) in [6.07, 6.45) is 1.83. The van der Waals surface area contributed by atoms with Gasteiger partial charge in [0, 0.05) is 22.0 Å². The molecule has 0 saturated carbocycles. The van der Waals surface area contributed by atoms with E-state index in [1.807, 2.05) is 54.6 Å². The number of halogens is 1. The molecule has 0 bridgehead atoms. The van der Waals surface area contributed by atoms with Crippen molar-refractivity contribution in [1.82, 2.24) is 5.32 Å². The van der Waals surface area contributed by atoms with Crippen molar-refractivity contribution in [3.05, 3.63) is 93.3 Å². The van der Waals surface area contributed by atoms with Crippen LogP contribution in [0.15, 0.2) is 76.5 Å². The van der Waals surface area contributed by atoms with Gasteiger partial charge >= 0.3 is 0 Å². The standard InChI is InChI=1S/C24H19ClN2O3S/c1-30-18-9-6-15(7-10-18)12-22-24(29)27-20-13-16(8-11-21(20)31-22)23(28)26-14-17-4-2-3-5-19(17)25/h2-13H,14H2,1H3,(H,26,28)(H,27,29)/b22-12+. The van der Waals surface area contributed by atoms with Crippen LogP contribution in [0.3, 0.4) is 0 Å². The summed E-state index contributed by atoms with van der Waals surface area (Å²) in [5.41, 5.74) is 2.83. The minimum absolute atomic E-state index is 0.207. The van der Waals surface area contributed by atoms with Crippen LogP contribution in [-0.4, -0.2) is 18.9 Å². The fraction of sp³-hybridized carbons (Fsp3) is 0.0833. The van der Waals surface area contributed by atoms with E-state index in [4.69, 9.17) is 16.3 Å². The van der Waals surface area contributed by atoms with Gasteiger partial charge in [0.1, 0.15) is 5.75 Å². The smallest absolute Gasteiger partial charge is 0.262 e. The third-order valence-electron chi connectivity index (χ3n) is 4.74. The van der Waals surface area contributed by atoms with Crippen molar-refractivity contribution in [3.63, 3.8) is 0 Å². The Kier molecular flexibility index (Phi) is 6.30. The number of benzene rings is 3. The number of anilines is 1. The minimum Gasteiger partial charge on any atom is -0.497 e. The maximum absolute atomic E-state index is 12.6. The van der Waals surface area contributed by atoms with Crippen LogP contribution in [0.4, 0.5) is 5.69 Å². The summed E-state index contributed by atoms with van der Waals surface area (Å²) in [5.74, 6) is 0.317. The van der Waals surface area contributed by atoms with E-state index in [9.17, 15) is 9.59 Å². The molecule has 4 rings (SSSR count). The van der Waals surface area contributed by atoms with E-state index < -0.39 is 0 Å². The second kappa shape index (κ2) is 9.29. The molecule has 0 unspecified atom stereocenters. The van der Waals surface area contributed by atoms with Gasteiger partial charge in [-0.1, -0.05) is 53.7 Å². The van der Waals surface area contributed by atoms with Gasteiger partial charge in [-0.3, -0.25) is 9.59 Å². The van der Waals surface area contributed by atoms with Gasteiger partial charge in [0.15, 0.2) is 0 Å². The second-order valence-electron chi connectivity index (χ2n) is 6.82. The van der Waals surface area contributed by atoms with Crippen molar-refractivity contribution in [2.45, 2.75) is 11.4 Å². The van der Waals surface area contributed by atoms with Crippen LogP contribution < -0.4 is 15.4 Å². The summed E-state index contributed by atoms with van der Waals surface area (Å²) in [7, 11) is 1.61. The Hall–Kier alpha value is -3.22. The zero-order chi connectivity index (χ0) is 21.8. The number of ether oxygens (including phenoxy) is 1. The highest BCUT2D eigenvalue weighted by Crippen LogP contribution is 2.39. The van der Waals surface area contributed by atoms with Gasteiger partial charge in [0.25, 0.3) is 11.8 Å². The zero-order valence-electron chi connectivity index (χ0n) is 16.6. The first kappa shape index (κ1) is 21.0. The number of carbonyl (C=O) groups excluding carboxylic acids is 2. The van der Waals surface area contributed by atoms with E-state index in [2.05, 4.69) is 10.6 Å². The Labute approximate surface area is 189 Å². The highest BCUT2D eigenvalue weighted by molar-refractivity contribution is 8.04. The lowest BCUT2D eigenvalue weighted by Gasteiger charge is -2.19. The molecule has 0 saturated heterocycles. The van der Waals surface area contributed by atoms with Crippen molar-refractivity contribution in [2.75, 3.05) is 12.4 Å². The van der Waals surface area contributed by atoms with Crippen LogP contribution >= 0.6 is 23.4 Å². The third kappa shape index (κ3) is 4.93. The molecule has 2 amide bonds. The first-order valence-corrected chi connectivity index (χ1v) is 10.7. The number of nitrogens with one attached hydrogen (secondary N) is 2. The SMILES string of the molecule is COc1ccc(/C=C2/Sc3ccc(C(=O)NCc4ccccc4Cl)cc3NC2=O)cc1. The average molecular weight is 451 g/mol. The Morgan fingerprint density at radius 2 is 1.90 bits per heavy atom. The predicted molar refractivity (Wildman–Crippen MR) is 125 cm³/mol. The predicted octanol–water partition coefficient (Wildman–Crippen LogP) is 5.36. The fourth-order valence-corrected chi connectivity index (χ4v) is 4.21.